The average Bonchev–Trinajstić information content (AvgIpc) is 2.40. The number of halogens is 1. The monoisotopic (exact) mass is 326 g/mol. The molecule has 0 radical (unpaired) electrons. The van der Waals surface area contributed by atoms with Crippen molar-refractivity contribution in [1.29, 1.82) is 0 Å². The van der Waals surface area contributed by atoms with Crippen molar-refractivity contribution in [2.24, 2.45) is 5.14 Å². The molecular formula is C14H15ClN2O3S. The molecule has 0 bridgehead atoms. The van der Waals surface area contributed by atoms with Crippen LogP contribution in [0, 0.1) is 6.92 Å². The molecule has 2 aromatic carbocycles. The van der Waals surface area contributed by atoms with Crippen LogP contribution in [0.5, 0.6) is 5.75 Å². The van der Waals surface area contributed by atoms with Crippen LogP contribution < -0.4 is 15.6 Å². The minimum atomic E-state index is -3.84. The van der Waals surface area contributed by atoms with Gasteiger partial charge in [0.05, 0.1) is 4.90 Å². The number of hydrogen-bond donors (Lipinski definition) is 2. The number of benzene rings is 2. The van der Waals surface area contributed by atoms with Gasteiger partial charge in [0.15, 0.2) is 0 Å². The SMILES string of the molecule is Cc1c(OCc2ccc(Cl)cc2)cc(N)cc1S(N)(=O)=O. The molecule has 0 aromatic heterocycles. The zero-order chi connectivity index (χ0) is 15.6. The molecule has 0 atom stereocenters. The number of anilines is 1. The Morgan fingerprint density at radius 3 is 2.38 bits per heavy atom. The highest BCUT2D eigenvalue weighted by Crippen LogP contribution is 2.28. The summed E-state index contributed by atoms with van der Waals surface area (Å²) >= 11 is 5.81. The van der Waals surface area contributed by atoms with Crippen molar-refractivity contribution in [2.75, 3.05) is 5.73 Å². The summed E-state index contributed by atoms with van der Waals surface area (Å²) in [6, 6.07) is 10.0. The van der Waals surface area contributed by atoms with Crippen molar-refractivity contribution < 1.29 is 13.2 Å². The van der Waals surface area contributed by atoms with Crippen molar-refractivity contribution in [3.05, 3.63) is 52.5 Å². The third-order valence-corrected chi connectivity index (χ3v) is 4.24. The molecule has 0 unspecified atom stereocenters. The maximum Gasteiger partial charge on any atom is 0.238 e. The minimum absolute atomic E-state index is 0.0337. The second-order valence-corrected chi connectivity index (χ2v) is 6.57. The first-order valence-corrected chi connectivity index (χ1v) is 8.00. The van der Waals surface area contributed by atoms with Gasteiger partial charge in [-0.05, 0) is 30.7 Å². The van der Waals surface area contributed by atoms with Gasteiger partial charge in [-0.25, -0.2) is 13.6 Å². The van der Waals surface area contributed by atoms with Crippen molar-refractivity contribution in [1.82, 2.24) is 0 Å². The first kappa shape index (κ1) is 15.6. The van der Waals surface area contributed by atoms with Crippen LogP contribution in [0.3, 0.4) is 0 Å². The molecule has 21 heavy (non-hydrogen) atoms. The Labute approximate surface area is 128 Å². The molecule has 4 N–H and O–H groups in total. The number of rotatable bonds is 4. The van der Waals surface area contributed by atoms with E-state index < -0.39 is 10.0 Å². The van der Waals surface area contributed by atoms with Gasteiger partial charge in [-0.15, -0.1) is 0 Å². The second kappa shape index (κ2) is 5.93. The van der Waals surface area contributed by atoms with E-state index >= 15 is 0 Å². The molecule has 0 saturated carbocycles. The van der Waals surface area contributed by atoms with Crippen molar-refractivity contribution in [3.8, 4) is 5.75 Å². The predicted octanol–water partition coefficient (Wildman–Crippen LogP) is 2.46. The number of nitrogens with two attached hydrogens (primary N) is 2. The molecule has 2 aromatic rings. The predicted molar refractivity (Wildman–Crippen MR) is 82.7 cm³/mol. The summed E-state index contributed by atoms with van der Waals surface area (Å²) in [6.45, 7) is 1.89. The first-order valence-electron chi connectivity index (χ1n) is 6.07. The van der Waals surface area contributed by atoms with E-state index in [0.717, 1.165) is 5.56 Å². The van der Waals surface area contributed by atoms with Crippen LogP contribution in [-0.4, -0.2) is 8.42 Å². The molecular weight excluding hydrogens is 312 g/mol. The van der Waals surface area contributed by atoms with Crippen LogP contribution in [0.4, 0.5) is 5.69 Å². The Balaban J connectivity index is 2.28. The van der Waals surface area contributed by atoms with Crippen molar-refractivity contribution in [2.45, 2.75) is 18.4 Å². The van der Waals surface area contributed by atoms with E-state index in [4.69, 9.17) is 27.2 Å². The normalized spacial score (nSPS) is 11.4. The fraction of sp³-hybridized carbons (Fsp3) is 0.143. The summed E-state index contributed by atoms with van der Waals surface area (Å²) in [5, 5.41) is 5.80. The van der Waals surface area contributed by atoms with Gasteiger partial charge in [0.25, 0.3) is 0 Å². The molecule has 0 saturated heterocycles. The average molecular weight is 327 g/mol. The molecule has 0 amide bonds. The number of ether oxygens (including phenoxy) is 1. The van der Waals surface area contributed by atoms with Gasteiger partial charge in [0.1, 0.15) is 12.4 Å². The molecule has 0 aliphatic heterocycles. The summed E-state index contributed by atoms with van der Waals surface area (Å²) in [7, 11) is -3.84. The van der Waals surface area contributed by atoms with Crippen LogP contribution in [0.1, 0.15) is 11.1 Å². The minimum Gasteiger partial charge on any atom is -0.489 e. The van der Waals surface area contributed by atoms with Gasteiger partial charge in [-0.1, -0.05) is 23.7 Å². The lowest BCUT2D eigenvalue weighted by Crippen LogP contribution is -2.14. The Bertz CT molecular complexity index is 759. The van der Waals surface area contributed by atoms with E-state index in [9.17, 15) is 8.42 Å². The zero-order valence-electron chi connectivity index (χ0n) is 11.3. The van der Waals surface area contributed by atoms with E-state index in [1.54, 1.807) is 25.1 Å². The van der Waals surface area contributed by atoms with Gasteiger partial charge in [0.2, 0.25) is 10.0 Å². The lowest BCUT2D eigenvalue weighted by Gasteiger charge is -2.13. The standard InChI is InChI=1S/C14H15ClN2O3S/c1-9-13(6-12(16)7-14(9)21(17,18)19)20-8-10-2-4-11(15)5-3-10/h2-7H,8,16H2,1H3,(H2,17,18,19). The fourth-order valence-electron chi connectivity index (χ4n) is 1.87. The number of nitrogen functional groups attached to an aromatic ring is 1. The zero-order valence-corrected chi connectivity index (χ0v) is 12.9. The largest absolute Gasteiger partial charge is 0.489 e. The summed E-state index contributed by atoms with van der Waals surface area (Å²) in [5.74, 6) is 0.383. The van der Waals surface area contributed by atoms with Crippen LogP contribution in [0.15, 0.2) is 41.3 Å². The lowest BCUT2D eigenvalue weighted by molar-refractivity contribution is 0.303. The Hall–Kier alpha value is -1.76. The van der Waals surface area contributed by atoms with Gasteiger partial charge < -0.3 is 10.5 Å². The van der Waals surface area contributed by atoms with Crippen molar-refractivity contribution in [3.63, 3.8) is 0 Å². The molecule has 7 heteroatoms. The first-order chi connectivity index (χ1) is 9.77. The Morgan fingerprint density at radius 2 is 1.81 bits per heavy atom. The summed E-state index contributed by atoms with van der Waals surface area (Å²) in [6.07, 6.45) is 0. The summed E-state index contributed by atoms with van der Waals surface area (Å²) < 4.78 is 28.7. The fourth-order valence-corrected chi connectivity index (χ4v) is 2.82. The van der Waals surface area contributed by atoms with Gasteiger partial charge in [-0.2, -0.15) is 0 Å². The Kier molecular flexibility index (Phi) is 4.41. The molecule has 0 aliphatic carbocycles. The van der Waals surface area contributed by atoms with Gasteiger partial charge in [-0.3, -0.25) is 0 Å². The lowest BCUT2D eigenvalue weighted by atomic mass is 10.2. The van der Waals surface area contributed by atoms with Crippen molar-refractivity contribution >= 4 is 27.3 Å². The van der Waals surface area contributed by atoms with Gasteiger partial charge >= 0.3 is 0 Å². The third-order valence-electron chi connectivity index (χ3n) is 2.95. The third kappa shape index (κ3) is 3.87. The highest BCUT2D eigenvalue weighted by molar-refractivity contribution is 7.89. The van der Waals surface area contributed by atoms with E-state index in [1.807, 2.05) is 12.1 Å². The van der Waals surface area contributed by atoms with Gasteiger partial charge in [0, 0.05) is 22.3 Å². The highest BCUT2D eigenvalue weighted by Gasteiger charge is 2.16. The van der Waals surface area contributed by atoms with Crippen LogP contribution in [0.25, 0.3) is 0 Å². The topological polar surface area (TPSA) is 95.4 Å². The molecule has 0 fully saturated rings. The quantitative estimate of drug-likeness (QED) is 0.843. The summed E-state index contributed by atoms with van der Waals surface area (Å²) in [4.78, 5) is -0.0337. The highest BCUT2D eigenvalue weighted by atomic mass is 35.5. The maximum absolute atomic E-state index is 11.5. The van der Waals surface area contributed by atoms with E-state index in [0.29, 0.717) is 16.3 Å². The molecule has 5 nitrogen and oxygen atoms in total. The van der Waals surface area contributed by atoms with E-state index in [2.05, 4.69) is 0 Å². The van der Waals surface area contributed by atoms with Crippen LogP contribution >= 0.6 is 11.6 Å². The summed E-state index contributed by atoms with van der Waals surface area (Å²) in [5.41, 5.74) is 7.30. The number of sulfonamides is 1. The maximum atomic E-state index is 11.5. The molecule has 0 heterocycles. The molecule has 0 spiro atoms. The Morgan fingerprint density at radius 1 is 1.19 bits per heavy atom. The van der Waals surface area contributed by atoms with Crippen LogP contribution in [0.2, 0.25) is 5.02 Å². The molecule has 2 rings (SSSR count). The number of hydrogen-bond acceptors (Lipinski definition) is 4. The van der Waals surface area contributed by atoms with E-state index in [-0.39, 0.29) is 17.2 Å². The smallest absolute Gasteiger partial charge is 0.238 e. The molecule has 0 aliphatic rings. The molecule has 112 valence electrons. The van der Waals surface area contributed by atoms with Crippen LogP contribution in [-0.2, 0) is 16.6 Å². The number of primary sulfonamides is 1. The second-order valence-electron chi connectivity index (χ2n) is 4.60. The van der Waals surface area contributed by atoms with E-state index in [1.165, 1.54) is 6.07 Å².